The van der Waals surface area contributed by atoms with Crippen molar-refractivity contribution < 1.29 is 62.3 Å². The molecule has 556 valence electrons. The van der Waals surface area contributed by atoms with E-state index < -0.39 is 34.9 Å². The van der Waals surface area contributed by atoms with Crippen LogP contribution in [0.4, 0.5) is 0 Å². The Balaban J connectivity index is -0.000000533. The quantitative estimate of drug-likeness (QED) is 0.0204. The van der Waals surface area contributed by atoms with Gasteiger partial charge in [0.15, 0.2) is 0 Å². The summed E-state index contributed by atoms with van der Waals surface area (Å²) in [5, 5.41) is 18.9. The highest BCUT2D eigenvalue weighted by atomic mass is 79.9. The number of rotatable bonds is 16. The number of aryl methyl sites for hydroxylation is 8. The van der Waals surface area contributed by atoms with Gasteiger partial charge in [-0.3, -0.25) is 29.1 Å². The van der Waals surface area contributed by atoms with Crippen molar-refractivity contribution in [2.75, 3.05) is 48.2 Å². The average Bonchev–Trinajstić information content (AvgIpc) is 0.900. The summed E-state index contributed by atoms with van der Waals surface area (Å²) in [5.41, 5.74) is 40.7. The van der Waals surface area contributed by atoms with Crippen LogP contribution in [0, 0.1) is 66.7 Å². The van der Waals surface area contributed by atoms with Gasteiger partial charge in [0.05, 0.1) is 71.0 Å². The van der Waals surface area contributed by atoms with Crippen LogP contribution in [0.25, 0.3) is 0 Å². The minimum absolute atomic E-state index is 0. The number of hydrogen-bond acceptors (Lipinski definition) is 20. The van der Waals surface area contributed by atoms with Gasteiger partial charge in [0.1, 0.15) is 33.4 Å². The van der Waals surface area contributed by atoms with E-state index in [0.29, 0.717) is 43.1 Å². The summed E-state index contributed by atoms with van der Waals surface area (Å²) >= 11 is 7.93. The standard InChI is InChI=1S/C13H17NO4.C9H11NO2.2C9H13NO.C8H12N2.C8H8N2.C8H9NO2.C6H6BrN.C4H5ClO3.3ClH/c1-4-18-13(16)12(15)14-8-10-6-5-9(2)7-11(10)17-3;1-6-3-4-7(9(10)11)8(5-6)12-2;2*1-7-3-4-8(6-10)9(5-7)11-2;2*1-7-2-3-8(4-5-9)10-6-7;1-5-2-3-6(8(9)11)7(10)4-5;1-5-2-3-6(7)8-4-5;1-2-8-4(7)3(5)6;;;/h5-7H,4,8H2,1-3H3,(H,14,15);3-5H,1-2H3,(H2,10,11);2*3-5H,6,10H2,1-2H3;2-3,6H,4-5,9H2,1H3;2-3,6H,4H2,1H3;2-4,10H,1H3,(H2,9,11);2-4H,1H3;2H2,1H3;3*1H. The Morgan fingerprint density at radius 1 is 0.500 bits per heavy atom. The van der Waals surface area contributed by atoms with Crippen molar-refractivity contribution in [3.8, 4) is 34.8 Å². The summed E-state index contributed by atoms with van der Waals surface area (Å²) in [6.45, 7) is 21.3. The number of hydrogen-bond donors (Lipinski definition) is 7. The fraction of sp³-hybridized carbons (Fsp3) is 0.297. The molecule has 28 heteroatoms. The number of benzene rings is 5. The molecule has 0 saturated heterocycles. The SMILES string of the molecule is CCOC(=O)C(=O)Cl.CCOC(=O)C(=O)NCc1ccc(C)cc1OC.COc1cc(C)ccc1C(N)=O.COc1cc(C)ccc1CN.COc1cc(C)ccc1CN.Cc1ccc(Br)nc1.Cc1ccc(C(N)=O)c(O)c1.Cc1ccc(CC#N)nc1.Cc1ccc(CCN)nc1.Cl.Cl.Cl. The Bertz CT molecular complexity index is 3740. The van der Waals surface area contributed by atoms with Gasteiger partial charge in [0.25, 0.3) is 11.8 Å². The number of carbonyl (C=O) groups is 6. The number of nitrogens with zero attached hydrogens (tertiary/aromatic N) is 4. The lowest BCUT2D eigenvalue weighted by Gasteiger charge is -2.10. The number of phenols is 1. The van der Waals surface area contributed by atoms with Crippen molar-refractivity contribution in [1.82, 2.24) is 20.3 Å². The molecule has 12 N–H and O–H groups in total. The molecule has 102 heavy (non-hydrogen) atoms. The van der Waals surface area contributed by atoms with E-state index in [1.54, 1.807) is 59.6 Å². The molecule has 0 aliphatic heterocycles. The second kappa shape index (κ2) is 57.2. The van der Waals surface area contributed by atoms with Crippen LogP contribution < -0.4 is 52.9 Å². The Hall–Kier alpha value is -9.42. The van der Waals surface area contributed by atoms with Gasteiger partial charge >= 0.3 is 23.1 Å². The number of halogens is 5. The van der Waals surface area contributed by atoms with Crippen molar-refractivity contribution >= 4 is 99.7 Å². The first kappa shape index (κ1) is 99.0. The van der Waals surface area contributed by atoms with E-state index in [-0.39, 0.29) is 68.3 Å². The molecule has 0 saturated carbocycles. The highest BCUT2D eigenvalue weighted by Crippen LogP contribution is 2.22. The Labute approximate surface area is 631 Å². The molecule has 3 amide bonds. The van der Waals surface area contributed by atoms with Crippen LogP contribution in [0.15, 0.2) is 151 Å². The molecule has 0 atom stereocenters. The van der Waals surface area contributed by atoms with Crippen LogP contribution in [0.3, 0.4) is 0 Å². The Morgan fingerprint density at radius 3 is 1.20 bits per heavy atom. The number of aromatic nitrogens is 3. The Kier molecular flexibility index (Phi) is 55.5. The van der Waals surface area contributed by atoms with Crippen molar-refractivity contribution in [3.63, 3.8) is 0 Å². The average molecular weight is 1560 g/mol. The summed E-state index contributed by atoms with van der Waals surface area (Å²) in [7, 11) is 6.40. The molecule has 8 aromatic rings. The van der Waals surface area contributed by atoms with Gasteiger partial charge in [-0.2, -0.15) is 5.26 Å². The lowest BCUT2D eigenvalue weighted by Crippen LogP contribution is -2.32. The maximum atomic E-state index is 11.3. The predicted octanol–water partition coefficient (Wildman–Crippen LogP) is 12.1. The third-order valence-corrected chi connectivity index (χ3v) is 13.2. The van der Waals surface area contributed by atoms with Gasteiger partial charge in [0.2, 0.25) is 0 Å². The number of pyridine rings is 3. The van der Waals surface area contributed by atoms with Crippen molar-refractivity contribution in [2.45, 2.75) is 102 Å². The number of nitrogens with two attached hydrogens (primary N) is 5. The van der Waals surface area contributed by atoms with Gasteiger partial charge in [-0.15, -0.1) is 37.2 Å². The molecule has 5 aromatic carbocycles. The van der Waals surface area contributed by atoms with Crippen LogP contribution in [0.1, 0.15) is 107 Å². The number of carbonyl (C=O) groups excluding carboxylic acids is 6. The summed E-state index contributed by atoms with van der Waals surface area (Å²) in [6.07, 6.45) is 6.74. The Morgan fingerprint density at radius 2 is 0.863 bits per heavy atom. The fourth-order valence-corrected chi connectivity index (χ4v) is 7.74. The minimum atomic E-state index is -1.08. The number of ether oxygens (including phenoxy) is 6. The number of primary amides is 2. The highest BCUT2D eigenvalue weighted by Gasteiger charge is 2.15. The van der Waals surface area contributed by atoms with E-state index in [1.165, 1.54) is 41.5 Å². The lowest BCUT2D eigenvalue weighted by atomic mass is 10.1. The fourth-order valence-electron chi connectivity index (χ4n) is 7.45. The summed E-state index contributed by atoms with van der Waals surface area (Å²) in [4.78, 5) is 76.0. The third kappa shape index (κ3) is 42.6. The molecule has 8 rings (SSSR count). The van der Waals surface area contributed by atoms with E-state index in [0.717, 1.165) is 72.9 Å². The second-order valence-electron chi connectivity index (χ2n) is 20.9. The number of esters is 2. The van der Waals surface area contributed by atoms with Gasteiger partial charge < -0.3 is 67.5 Å². The molecule has 23 nitrogen and oxygen atoms in total. The van der Waals surface area contributed by atoms with Crippen LogP contribution >= 0.6 is 64.8 Å². The first-order valence-corrected chi connectivity index (χ1v) is 31.8. The topological polar surface area (TPSA) is 383 Å². The first-order chi connectivity index (χ1) is 47.0. The predicted molar refractivity (Wildman–Crippen MR) is 411 cm³/mol. The molecule has 0 spiro atoms. The van der Waals surface area contributed by atoms with E-state index in [4.69, 9.17) is 69.6 Å². The number of nitrogens with one attached hydrogen (secondary N) is 1. The molecule has 0 aliphatic rings. The molecule has 0 radical (unpaired) electrons. The van der Waals surface area contributed by atoms with E-state index in [2.05, 4.69) is 51.7 Å². The second-order valence-corrected chi connectivity index (χ2v) is 22.0. The highest BCUT2D eigenvalue weighted by molar-refractivity contribution is 9.10. The van der Waals surface area contributed by atoms with Gasteiger partial charge in [0, 0.05) is 67.0 Å². The van der Waals surface area contributed by atoms with Gasteiger partial charge in [-0.05, 0) is 208 Å². The largest absolute Gasteiger partial charge is 0.507 e. The maximum Gasteiger partial charge on any atom is 0.396 e. The monoisotopic (exact) mass is 1550 g/mol. The van der Waals surface area contributed by atoms with Crippen molar-refractivity contribution in [1.29, 1.82) is 5.26 Å². The summed E-state index contributed by atoms with van der Waals surface area (Å²) < 4.78 is 30.1. The van der Waals surface area contributed by atoms with Crippen LogP contribution in [-0.4, -0.2) is 103 Å². The van der Waals surface area contributed by atoms with Gasteiger partial charge in [-0.1, -0.05) is 66.7 Å². The van der Waals surface area contributed by atoms with E-state index in [9.17, 15) is 28.8 Å². The normalized spacial score (nSPS) is 9.16. The molecular weight excluding hydrogens is 1460 g/mol. The first-order valence-electron chi connectivity index (χ1n) is 30.7. The minimum Gasteiger partial charge on any atom is -0.507 e. The van der Waals surface area contributed by atoms with Crippen LogP contribution in [0.2, 0.25) is 0 Å². The molecule has 3 heterocycles. The molecule has 0 fully saturated rings. The smallest absolute Gasteiger partial charge is 0.396 e. The zero-order chi connectivity index (χ0) is 75.0. The number of amides is 3. The molecular formula is C74H97BrCl4N10O13. The molecule has 3 aromatic heterocycles. The van der Waals surface area contributed by atoms with Crippen molar-refractivity contribution in [2.24, 2.45) is 28.7 Å². The van der Waals surface area contributed by atoms with Gasteiger partial charge in [-0.25, -0.2) is 14.6 Å². The summed E-state index contributed by atoms with van der Waals surface area (Å²) in [6, 6.07) is 41.5. The molecule has 0 bridgehead atoms. The maximum absolute atomic E-state index is 11.3. The number of nitriles is 1. The number of methoxy groups -OCH3 is 4. The number of aromatic hydroxyl groups is 1. The molecule has 0 unspecified atom stereocenters. The molecule has 0 aliphatic carbocycles. The summed E-state index contributed by atoms with van der Waals surface area (Å²) in [5.74, 6) is -0.772. The zero-order valence-corrected chi connectivity index (χ0v) is 64.8. The van der Waals surface area contributed by atoms with Crippen LogP contribution in [0.5, 0.6) is 28.7 Å². The van der Waals surface area contributed by atoms with Crippen LogP contribution in [-0.2, 0) is 61.1 Å². The van der Waals surface area contributed by atoms with Crippen molar-refractivity contribution in [3.05, 3.63) is 234 Å². The van der Waals surface area contributed by atoms with E-state index >= 15 is 0 Å². The van der Waals surface area contributed by atoms with E-state index in [1.807, 2.05) is 165 Å². The third-order valence-electron chi connectivity index (χ3n) is 12.6. The zero-order valence-electron chi connectivity index (χ0n) is 60.0. The lowest BCUT2D eigenvalue weighted by molar-refractivity contribution is -0.154.